The molecule has 1 aromatic heterocycles. The zero-order valence-corrected chi connectivity index (χ0v) is 20.7. The van der Waals surface area contributed by atoms with E-state index in [1.54, 1.807) is 6.20 Å². The van der Waals surface area contributed by atoms with E-state index in [0.717, 1.165) is 54.1 Å². The van der Waals surface area contributed by atoms with E-state index in [0.29, 0.717) is 23.5 Å². The Morgan fingerprint density at radius 2 is 1.74 bits per heavy atom. The summed E-state index contributed by atoms with van der Waals surface area (Å²) < 4.78 is 6.29. The topological polar surface area (TPSA) is 103 Å². The van der Waals surface area contributed by atoms with Gasteiger partial charge >= 0.3 is 6.03 Å². The van der Waals surface area contributed by atoms with E-state index in [2.05, 4.69) is 70.9 Å². The van der Waals surface area contributed by atoms with Gasteiger partial charge in [-0.25, -0.2) is 9.78 Å². The standard InChI is InChI=1S/C24H26IN7O2/c25-19-15-26-23(27-16-7-9-18(10-8-16)32-11-13-34-14-12-32)31-22(19)29-20-3-1-2-4-21(20)30-24(33)28-17-5-6-17/h1-4,7-10,15,17H,5-6,11-14H2,(H2,28,30,33)(H2,26,27,29,31). The van der Waals surface area contributed by atoms with E-state index >= 15 is 0 Å². The number of rotatable bonds is 7. The van der Waals surface area contributed by atoms with Crippen molar-refractivity contribution in [1.82, 2.24) is 15.3 Å². The van der Waals surface area contributed by atoms with Gasteiger partial charge in [-0.05, 0) is 71.8 Å². The van der Waals surface area contributed by atoms with E-state index in [9.17, 15) is 4.79 Å². The van der Waals surface area contributed by atoms with Gasteiger partial charge in [-0.3, -0.25) is 0 Å². The van der Waals surface area contributed by atoms with Gasteiger partial charge in [0, 0.05) is 36.7 Å². The van der Waals surface area contributed by atoms with E-state index in [1.165, 1.54) is 5.69 Å². The molecule has 0 radical (unpaired) electrons. The molecule has 1 saturated carbocycles. The number of morpholine rings is 1. The number of hydrogen-bond donors (Lipinski definition) is 4. The highest BCUT2D eigenvalue weighted by molar-refractivity contribution is 14.1. The minimum Gasteiger partial charge on any atom is -0.378 e. The van der Waals surface area contributed by atoms with Crippen LogP contribution >= 0.6 is 22.6 Å². The molecular formula is C24H26IN7O2. The van der Waals surface area contributed by atoms with Crippen LogP contribution < -0.4 is 26.2 Å². The lowest BCUT2D eigenvalue weighted by molar-refractivity contribution is 0.122. The molecule has 2 fully saturated rings. The maximum absolute atomic E-state index is 12.2. The van der Waals surface area contributed by atoms with Gasteiger partial charge in [-0.1, -0.05) is 12.1 Å². The minimum atomic E-state index is -0.197. The Labute approximate surface area is 211 Å². The molecule has 2 aromatic carbocycles. The molecule has 0 atom stereocenters. The molecule has 1 aliphatic carbocycles. The van der Waals surface area contributed by atoms with Crippen LogP contribution in [0.2, 0.25) is 0 Å². The fourth-order valence-electron chi connectivity index (χ4n) is 3.62. The van der Waals surface area contributed by atoms with Crippen LogP contribution in [0, 0.1) is 3.57 Å². The Bertz CT molecular complexity index is 1150. The van der Waals surface area contributed by atoms with Crippen LogP contribution in [-0.4, -0.2) is 48.3 Å². The van der Waals surface area contributed by atoms with Crippen LogP contribution in [-0.2, 0) is 4.74 Å². The highest BCUT2D eigenvalue weighted by atomic mass is 127. The van der Waals surface area contributed by atoms with Gasteiger partial charge in [0.1, 0.15) is 5.82 Å². The van der Waals surface area contributed by atoms with E-state index in [1.807, 2.05) is 36.4 Å². The maximum Gasteiger partial charge on any atom is 0.319 e. The normalized spacial score (nSPS) is 15.5. The number of anilines is 6. The molecule has 0 unspecified atom stereocenters. The number of nitrogens with one attached hydrogen (secondary N) is 4. The third kappa shape index (κ3) is 5.86. The molecule has 2 amide bonds. The molecule has 5 rings (SSSR count). The van der Waals surface area contributed by atoms with Crippen LogP contribution in [0.25, 0.3) is 0 Å². The second kappa shape index (κ2) is 10.4. The van der Waals surface area contributed by atoms with E-state index < -0.39 is 0 Å². The van der Waals surface area contributed by atoms with Crippen molar-refractivity contribution in [2.45, 2.75) is 18.9 Å². The number of benzene rings is 2. The quantitative estimate of drug-likeness (QED) is 0.305. The summed E-state index contributed by atoms with van der Waals surface area (Å²) >= 11 is 2.19. The molecule has 4 N–H and O–H groups in total. The van der Waals surface area contributed by atoms with Crippen LogP contribution in [0.4, 0.5) is 39.3 Å². The van der Waals surface area contributed by atoms with Gasteiger partial charge in [0.25, 0.3) is 0 Å². The molecule has 1 aliphatic heterocycles. The van der Waals surface area contributed by atoms with Crippen LogP contribution in [0.15, 0.2) is 54.7 Å². The number of ether oxygens (including phenoxy) is 1. The third-order valence-corrected chi connectivity index (χ3v) is 6.37. The Balaban J connectivity index is 1.27. The lowest BCUT2D eigenvalue weighted by Crippen LogP contribution is -2.36. The number of carbonyl (C=O) groups is 1. The minimum absolute atomic E-state index is 0.197. The smallest absolute Gasteiger partial charge is 0.319 e. The van der Waals surface area contributed by atoms with Gasteiger partial charge in [0.2, 0.25) is 5.95 Å². The van der Waals surface area contributed by atoms with Crippen LogP contribution in [0.5, 0.6) is 0 Å². The predicted octanol–water partition coefficient (Wildman–Crippen LogP) is 4.69. The first-order valence-electron chi connectivity index (χ1n) is 11.3. The summed E-state index contributed by atoms with van der Waals surface area (Å²) in [5.74, 6) is 1.14. The molecule has 0 bridgehead atoms. The number of para-hydroxylation sites is 2. The van der Waals surface area contributed by atoms with E-state index in [-0.39, 0.29) is 6.03 Å². The van der Waals surface area contributed by atoms with Crippen molar-refractivity contribution < 1.29 is 9.53 Å². The molecule has 2 heterocycles. The number of carbonyl (C=O) groups excluding carboxylic acids is 1. The average molecular weight is 571 g/mol. The largest absolute Gasteiger partial charge is 0.378 e. The summed E-state index contributed by atoms with van der Waals surface area (Å²) in [6.45, 7) is 3.33. The number of halogens is 1. The Morgan fingerprint density at radius 3 is 2.47 bits per heavy atom. The van der Waals surface area contributed by atoms with Crippen molar-refractivity contribution in [3.63, 3.8) is 0 Å². The zero-order chi connectivity index (χ0) is 23.3. The molecule has 10 heteroatoms. The van der Waals surface area contributed by atoms with Gasteiger partial charge < -0.3 is 30.9 Å². The molecule has 176 valence electrons. The number of hydrogen-bond acceptors (Lipinski definition) is 7. The fourth-order valence-corrected chi connectivity index (χ4v) is 4.02. The lowest BCUT2D eigenvalue weighted by atomic mass is 10.2. The Kier molecular flexibility index (Phi) is 6.95. The van der Waals surface area contributed by atoms with Gasteiger partial charge in [-0.15, -0.1) is 0 Å². The Hall–Kier alpha value is -3.12. The highest BCUT2D eigenvalue weighted by Gasteiger charge is 2.23. The number of amides is 2. The van der Waals surface area contributed by atoms with Crippen molar-refractivity contribution >= 4 is 63.1 Å². The lowest BCUT2D eigenvalue weighted by Gasteiger charge is -2.28. The predicted molar refractivity (Wildman–Crippen MR) is 142 cm³/mol. The summed E-state index contributed by atoms with van der Waals surface area (Å²) in [5, 5.41) is 12.5. The molecule has 0 spiro atoms. The summed E-state index contributed by atoms with van der Waals surface area (Å²) in [4.78, 5) is 23.6. The Morgan fingerprint density at radius 1 is 1.00 bits per heavy atom. The first kappa shape index (κ1) is 22.7. The van der Waals surface area contributed by atoms with Crippen LogP contribution in [0.1, 0.15) is 12.8 Å². The van der Waals surface area contributed by atoms with Gasteiger partial charge in [-0.2, -0.15) is 4.98 Å². The average Bonchev–Trinajstić information content (AvgIpc) is 3.67. The van der Waals surface area contributed by atoms with Crippen molar-refractivity contribution in [1.29, 1.82) is 0 Å². The SMILES string of the molecule is O=C(Nc1ccccc1Nc1nc(Nc2ccc(N3CCOCC3)cc2)ncc1I)NC1CC1. The molecule has 2 aliphatic rings. The van der Waals surface area contributed by atoms with Crippen molar-refractivity contribution in [2.24, 2.45) is 0 Å². The van der Waals surface area contributed by atoms with Crippen LogP contribution in [0.3, 0.4) is 0 Å². The van der Waals surface area contributed by atoms with Gasteiger partial charge in [0.05, 0.1) is 28.2 Å². The van der Waals surface area contributed by atoms with Gasteiger partial charge in [0.15, 0.2) is 0 Å². The summed E-state index contributed by atoms with van der Waals surface area (Å²) in [6.07, 6.45) is 3.84. The summed E-state index contributed by atoms with van der Waals surface area (Å²) in [6, 6.07) is 15.9. The third-order valence-electron chi connectivity index (χ3n) is 5.58. The molecule has 9 nitrogen and oxygen atoms in total. The first-order chi connectivity index (χ1) is 16.6. The molecule has 34 heavy (non-hydrogen) atoms. The first-order valence-corrected chi connectivity index (χ1v) is 12.4. The monoisotopic (exact) mass is 571 g/mol. The highest BCUT2D eigenvalue weighted by Crippen LogP contribution is 2.28. The number of urea groups is 1. The van der Waals surface area contributed by atoms with Crippen molar-refractivity contribution in [3.05, 3.63) is 58.3 Å². The summed E-state index contributed by atoms with van der Waals surface area (Å²) in [7, 11) is 0. The van der Waals surface area contributed by atoms with E-state index in [4.69, 9.17) is 4.74 Å². The van der Waals surface area contributed by atoms with Crippen molar-refractivity contribution in [3.8, 4) is 0 Å². The molecular weight excluding hydrogens is 545 g/mol. The second-order valence-electron chi connectivity index (χ2n) is 8.20. The fraction of sp³-hybridized carbons (Fsp3) is 0.292. The summed E-state index contributed by atoms with van der Waals surface area (Å²) in [5.41, 5.74) is 3.52. The number of nitrogens with zero attached hydrogens (tertiary/aromatic N) is 3. The zero-order valence-electron chi connectivity index (χ0n) is 18.6. The molecule has 1 saturated heterocycles. The number of aromatic nitrogens is 2. The maximum atomic E-state index is 12.2. The molecule has 3 aromatic rings. The van der Waals surface area contributed by atoms with Crippen molar-refractivity contribution in [2.75, 3.05) is 47.2 Å². The second-order valence-corrected chi connectivity index (χ2v) is 9.37.